The summed E-state index contributed by atoms with van der Waals surface area (Å²) in [6, 6.07) is 10.2. The van der Waals surface area contributed by atoms with Crippen LogP contribution in [-0.4, -0.2) is 22.8 Å². The van der Waals surface area contributed by atoms with Gasteiger partial charge in [-0.3, -0.25) is 9.59 Å². The van der Waals surface area contributed by atoms with Crippen molar-refractivity contribution in [1.29, 1.82) is 0 Å². The number of carbonyl (C=O) groups is 2. The van der Waals surface area contributed by atoms with Gasteiger partial charge in [0.15, 0.2) is 12.2 Å². The molecule has 2 N–H and O–H groups in total. The Balaban J connectivity index is 1.72. The summed E-state index contributed by atoms with van der Waals surface area (Å²) in [4.78, 5) is 29.5. The van der Waals surface area contributed by atoms with Gasteiger partial charge in [-0.25, -0.2) is 4.98 Å². The van der Waals surface area contributed by atoms with Gasteiger partial charge >= 0.3 is 0 Å². The molecule has 3 aromatic rings. The van der Waals surface area contributed by atoms with E-state index in [9.17, 15) is 9.59 Å². The summed E-state index contributed by atoms with van der Waals surface area (Å²) in [5.41, 5.74) is 1.43. The minimum absolute atomic E-state index is 0.0589. The van der Waals surface area contributed by atoms with Crippen molar-refractivity contribution < 1.29 is 14.0 Å². The molecule has 0 bridgehead atoms. The van der Waals surface area contributed by atoms with Crippen LogP contribution in [0, 0.1) is 5.92 Å². The standard InChI is InChI=1S/C19H19N3O3S/c1-12(2)17(22-18(23)16-7-4-8-26-16)19(24)21-14-6-3-5-13(9-14)15-10-20-11-25-15/h3-12,17H,1-2H3,(H,21,24)(H,22,23). The Morgan fingerprint density at radius 3 is 2.69 bits per heavy atom. The van der Waals surface area contributed by atoms with Gasteiger partial charge in [0.05, 0.1) is 11.1 Å². The second-order valence-corrected chi connectivity index (χ2v) is 7.06. The number of nitrogens with one attached hydrogen (secondary N) is 2. The van der Waals surface area contributed by atoms with Crippen molar-refractivity contribution in [3.8, 4) is 11.3 Å². The van der Waals surface area contributed by atoms with Gasteiger partial charge in [0.2, 0.25) is 5.91 Å². The zero-order valence-electron chi connectivity index (χ0n) is 14.4. The molecule has 0 saturated carbocycles. The quantitative estimate of drug-likeness (QED) is 0.692. The number of nitrogens with zero attached hydrogens (tertiary/aromatic N) is 1. The zero-order chi connectivity index (χ0) is 18.5. The lowest BCUT2D eigenvalue weighted by Crippen LogP contribution is -2.46. The minimum Gasteiger partial charge on any atom is -0.444 e. The maximum atomic E-state index is 12.7. The molecule has 0 saturated heterocycles. The van der Waals surface area contributed by atoms with E-state index in [-0.39, 0.29) is 17.7 Å². The topological polar surface area (TPSA) is 84.2 Å². The summed E-state index contributed by atoms with van der Waals surface area (Å²) in [5.74, 6) is 0.0489. The molecular weight excluding hydrogens is 350 g/mol. The number of anilines is 1. The highest BCUT2D eigenvalue weighted by molar-refractivity contribution is 7.12. The van der Waals surface area contributed by atoms with Crippen LogP contribution < -0.4 is 10.6 Å². The number of hydrogen-bond donors (Lipinski definition) is 2. The fourth-order valence-corrected chi connectivity index (χ4v) is 3.11. The molecule has 0 fully saturated rings. The molecule has 2 aromatic heterocycles. The lowest BCUT2D eigenvalue weighted by atomic mass is 10.0. The van der Waals surface area contributed by atoms with E-state index in [1.807, 2.05) is 31.4 Å². The van der Waals surface area contributed by atoms with Gasteiger partial charge in [0.25, 0.3) is 5.91 Å². The van der Waals surface area contributed by atoms with Crippen LogP contribution in [0.3, 0.4) is 0 Å². The fraction of sp³-hybridized carbons (Fsp3) is 0.211. The largest absolute Gasteiger partial charge is 0.444 e. The van der Waals surface area contributed by atoms with E-state index >= 15 is 0 Å². The number of amides is 2. The second-order valence-electron chi connectivity index (χ2n) is 6.11. The first-order valence-corrected chi connectivity index (χ1v) is 9.06. The van der Waals surface area contributed by atoms with Crippen LogP contribution in [0.5, 0.6) is 0 Å². The smallest absolute Gasteiger partial charge is 0.262 e. The molecular formula is C19H19N3O3S. The van der Waals surface area contributed by atoms with E-state index in [1.165, 1.54) is 17.7 Å². The summed E-state index contributed by atoms with van der Waals surface area (Å²) in [6.45, 7) is 3.79. The summed E-state index contributed by atoms with van der Waals surface area (Å²) in [6.07, 6.45) is 2.97. The van der Waals surface area contributed by atoms with E-state index in [0.29, 0.717) is 16.3 Å². The Kier molecular flexibility index (Phi) is 5.48. The molecule has 0 aliphatic rings. The minimum atomic E-state index is -0.640. The number of oxazole rings is 1. The number of thiophene rings is 1. The lowest BCUT2D eigenvalue weighted by Gasteiger charge is -2.21. The van der Waals surface area contributed by atoms with Crippen molar-refractivity contribution in [3.63, 3.8) is 0 Å². The Morgan fingerprint density at radius 2 is 2.04 bits per heavy atom. The van der Waals surface area contributed by atoms with E-state index in [2.05, 4.69) is 15.6 Å². The maximum Gasteiger partial charge on any atom is 0.262 e. The maximum absolute atomic E-state index is 12.7. The molecule has 0 spiro atoms. The van der Waals surface area contributed by atoms with Crippen LogP contribution in [0.4, 0.5) is 5.69 Å². The van der Waals surface area contributed by atoms with Crippen LogP contribution in [0.2, 0.25) is 0 Å². The summed E-state index contributed by atoms with van der Waals surface area (Å²) in [7, 11) is 0. The third-order valence-electron chi connectivity index (χ3n) is 3.83. The van der Waals surface area contributed by atoms with Gasteiger partial charge in [-0.1, -0.05) is 32.0 Å². The summed E-state index contributed by atoms with van der Waals surface area (Å²) in [5, 5.41) is 7.50. The Morgan fingerprint density at radius 1 is 1.19 bits per heavy atom. The zero-order valence-corrected chi connectivity index (χ0v) is 15.2. The molecule has 7 heteroatoms. The van der Waals surface area contributed by atoms with E-state index in [0.717, 1.165) is 5.56 Å². The van der Waals surface area contributed by atoms with E-state index in [4.69, 9.17) is 4.42 Å². The highest BCUT2D eigenvalue weighted by Gasteiger charge is 2.25. The number of carbonyl (C=O) groups excluding carboxylic acids is 2. The molecule has 3 rings (SSSR count). The first-order chi connectivity index (χ1) is 12.5. The Hall–Kier alpha value is -2.93. The van der Waals surface area contributed by atoms with Crippen molar-refractivity contribution >= 4 is 28.8 Å². The summed E-state index contributed by atoms with van der Waals surface area (Å²) >= 11 is 1.34. The third kappa shape index (κ3) is 4.18. The highest BCUT2D eigenvalue weighted by Crippen LogP contribution is 2.22. The SMILES string of the molecule is CC(C)C(NC(=O)c1cccs1)C(=O)Nc1cccc(-c2cnco2)c1. The molecule has 1 atom stereocenters. The third-order valence-corrected chi connectivity index (χ3v) is 4.70. The van der Waals surface area contributed by atoms with Crippen LogP contribution >= 0.6 is 11.3 Å². The molecule has 26 heavy (non-hydrogen) atoms. The van der Waals surface area contributed by atoms with Crippen LogP contribution in [-0.2, 0) is 4.79 Å². The van der Waals surface area contributed by atoms with Crippen LogP contribution in [0.25, 0.3) is 11.3 Å². The van der Waals surface area contributed by atoms with Crippen LogP contribution in [0.15, 0.2) is 58.8 Å². The molecule has 2 amide bonds. The predicted octanol–water partition coefficient (Wildman–Crippen LogP) is 3.80. The molecule has 1 aromatic carbocycles. The average Bonchev–Trinajstić information content (AvgIpc) is 3.32. The number of benzene rings is 1. The average molecular weight is 369 g/mol. The van der Waals surface area contributed by atoms with E-state index < -0.39 is 6.04 Å². The highest BCUT2D eigenvalue weighted by atomic mass is 32.1. The first-order valence-electron chi connectivity index (χ1n) is 8.19. The lowest BCUT2D eigenvalue weighted by molar-refractivity contribution is -0.118. The van der Waals surface area contributed by atoms with Crippen molar-refractivity contribution in [2.24, 2.45) is 5.92 Å². The van der Waals surface area contributed by atoms with Crippen molar-refractivity contribution in [3.05, 3.63) is 59.2 Å². The summed E-state index contributed by atoms with van der Waals surface area (Å²) < 4.78 is 5.28. The van der Waals surface area contributed by atoms with Gasteiger partial charge in [-0.15, -0.1) is 11.3 Å². The number of aromatic nitrogens is 1. The van der Waals surface area contributed by atoms with Gasteiger partial charge in [0.1, 0.15) is 6.04 Å². The number of hydrogen-bond acceptors (Lipinski definition) is 5. The normalized spacial score (nSPS) is 12.0. The molecule has 6 nitrogen and oxygen atoms in total. The monoisotopic (exact) mass is 369 g/mol. The Labute approximate surface area is 155 Å². The Bertz CT molecular complexity index is 873. The van der Waals surface area contributed by atoms with Gasteiger partial charge in [0, 0.05) is 11.3 Å². The molecule has 2 heterocycles. The van der Waals surface area contributed by atoms with E-state index in [1.54, 1.807) is 30.5 Å². The van der Waals surface area contributed by atoms with Gasteiger partial charge < -0.3 is 15.1 Å². The number of rotatable bonds is 6. The van der Waals surface area contributed by atoms with Crippen molar-refractivity contribution in [1.82, 2.24) is 10.3 Å². The second kappa shape index (κ2) is 7.97. The predicted molar refractivity (Wildman–Crippen MR) is 101 cm³/mol. The molecule has 0 radical (unpaired) electrons. The van der Waals surface area contributed by atoms with Gasteiger partial charge in [-0.05, 0) is 29.5 Å². The fourth-order valence-electron chi connectivity index (χ4n) is 2.48. The van der Waals surface area contributed by atoms with Crippen molar-refractivity contribution in [2.75, 3.05) is 5.32 Å². The molecule has 0 aliphatic carbocycles. The first kappa shape index (κ1) is 17.9. The molecule has 1 unspecified atom stereocenters. The molecule has 0 aliphatic heterocycles. The molecule has 134 valence electrons. The van der Waals surface area contributed by atoms with Crippen molar-refractivity contribution in [2.45, 2.75) is 19.9 Å². The van der Waals surface area contributed by atoms with Crippen LogP contribution in [0.1, 0.15) is 23.5 Å². The van der Waals surface area contributed by atoms with Gasteiger partial charge in [-0.2, -0.15) is 0 Å².